The fraction of sp³-hybridized carbons (Fsp3) is 0.412. The number of carbonyl (C=O) groups excluding carboxylic acids is 1. The number of aromatic amines is 1. The smallest absolute Gasteiger partial charge is 0.221 e. The second kappa shape index (κ2) is 7.22. The minimum Gasteiger partial charge on any atom is -0.326 e. The van der Waals surface area contributed by atoms with E-state index in [0.717, 1.165) is 29.1 Å². The number of nitrogens with zero attached hydrogens (tertiary/aromatic N) is 1. The molecule has 0 radical (unpaired) electrons. The summed E-state index contributed by atoms with van der Waals surface area (Å²) in [6, 6.07) is 10.5. The Bertz CT molecular complexity index is 635. The van der Waals surface area contributed by atoms with Gasteiger partial charge in [-0.05, 0) is 44.5 Å². The minimum atomic E-state index is -0.0555. The number of rotatable bonds is 6. The van der Waals surface area contributed by atoms with Crippen molar-refractivity contribution in [1.82, 2.24) is 15.5 Å². The SMILES string of the molecule is CC(=O)Nc1cccc([C@H](C)N[C@@H](C)Cc2cc(C)[nH]n2)c1. The molecule has 22 heavy (non-hydrogen) atoms. The van der Waals surface area contributed by atoms with Gasteiger partial charge in [0.2, 0.25) is 5.91 Å². The van der Waals surface area contributed by atoms with Gasteiger partial charge in [-0.15, -0.1) is 0 Å². The summed E-state index contributed by atoms with van der Waals surface area (Å²) in [5, 5.41) is 13.6. The third kappa shape index (κ3) is 4.70. The number of hydrogen-bond donors (Lipinski definition) is 3. The molecule has 1 heterocycles. The van der Waals surface area contributed by atoms with Crippen LogP contribution < -0.4 is 10.6 Å². The summed E-state index contributed by atoms with van der Waals surface area (Å²) in [4.78, 5) is 11.1. The van der Waals surface area contributed by atoms with Crippen molar-refractivity contribution >= 4 is 11.6 Å². The van der Waals surface area contributed by atoms with Crippen molar-refractivity contribution in [3.8, 4) is 0 Å². The normalized spacial score (nSPS) is 13.6. The lowest BCUT2D eigenvalue weighted by Gasteiger charge is -2.20. The molecule has 0 spiro atoms. The van der Waals surface area contributed by atoms with E-state index in [9.17, 15) is 4.79 Å². The largest absolute Gasteiger partial charge is 0.326 e. The number of nitrogens with one attached hydrogen (secondary N) is 3. The van der Waals surface area contributed by atoms with E-state index in [4.69, 9.17) is 0 Å². The van der Waals surface area contributed by atoms with Crippen LogP contribution in [-0.4, -0.2) is 22.1 Å². The van der Waals surface area contributed by atoms with Crippen LogP contribution in [0.2, 0.25) is 0 Å². The maximum absolute atomic E-state index is 11.1. The molecule has 0 aliphatic carbocycles. The summed E-state index contributed by atoms with van der Waals surface area (Å²) in [7, 11) is 0. The lowest BCUT2D eigenvalue weighted by molar-refractivity contribution is -0.114. The first-order chi connectivity index (χ1) is 10.4. The van der Waals surface area contributed by atoms with Crippen LogP contribution in [0.1, 0.15) is 43.8 Å². The molecule has 2 rings (SSSR count). The van der Waals surface area contributed by atoms with Gasteiger partial charge in [-0.2, -0.15) is 5.10 Å². The summed E-state index contributed by atoms with van der Waals surface area (Å²) < 4.78 is 0. The molecule has 1 aromatic heterocycles. The Hall–Kier alpha value is -2.14. The van der Waals surface area contributed by atoms with E-state index in [1.54, 1.807) is 0 Å². The molecule has 1 amide bonds. The minimum absolute atomic E-state index is 0.0555. The van der Waals surface area contributed by atoms with Crippen LogP contribution in [0.15, 0.2) is 30.3 Å². The fourth-order valence-electron chi connectivity index (χ4n) is 2.56. The standard InChI is InChI=1S/C17H24N4O/c1-11(8-17-9-12(2)20-21-17)18-13(3)15-6-5-7-16(10-15)19-14(4)22/h5-7,9-11,13,18H,8H2,1-4H3,(H,19,22)(H,20,21)/t11-,13-/m0/s1. The second-order valence-electron chi connectivity index (χ2n) is 5.84. The second-order valence-corrected chi connectivity index (χ2v) is 5.84. The Morgan fingerprint density at radius 2 is 2.09 bits per heavy atom. The van der Waals surface area contributed by atoms with Gasteiger partial charge in [-0.25, -0.2) is 0 Å². The highest BCUT2D eigenvalue weighted by atomic mass is 16.1. The van der Waals surface area contributed by atoms with E-state index < -0.39 is 0 Å². The number of hydrogen-bond acceptors (Lipinski definition) is 3. The molecule has 2 atom stereocenters. The molecule has 0 unspecified atom stereocenters. The van der Waals surface area contributed by atoms with Gasteiger partial charge in [-0.1, -0.05) is 12.1 Å². The molecule has 0 saturated carbocycles. The molecule has 5 nitrogen and oxygen atoms in total. The van der Waals surface area contributed by atoms with Gasteiger partial charge in [-0.3, -0.25) is 9.89 Å². The van der Waals surface area contributed by atoms with Crippen molar-refractivity contribution < 1.29 is 4.79 Å². The van der Waals surface area contributed by atoms with Crippen molar-refractivity contribution in [1.29, 1.82) is 0 Å². The Morgan fingerprint density at radius 3 is 2.73 bits per heavy atom. The number of aromatic nitrogens is 2. The average molecular weight is 300 g/mol. The quantitative estimate of drug-likeness (QED) is 0.768. The number of benzene rings is 1. The van der Waals surface area contributed by atoms with Gasteiger partial charge >= 0.3 is 0 Å². The first-order valence-corrected chi connectivity index (χ1v) is 7.58. The van der Waals surface area contributed by atoms with E-state index in [1.165, 1.54) is 6.92 Å². The molecule has 0 bridgehead atoms. The Kier molecular flexibility index (Phi) is 5.33. The molecule has 2 aromatic rings. The summed E-state index contributed by atoms with van der Waals surface area (Å²) >= 11 is 0. The molecular weight excluding hydrogens is 276 g/mol. The number of aryl methyl sites for hydroxylation is 1. The zero-order valence-electron chi connectivity index (χ0n) is 13.6. The van der Waals surface area contributed by atoms with Crippen molar-refractivity contribution in [2.24, 2.45) is 0 Å². The first-order valence-electron chi connectivity index (χ1n) is 7.58. The van der Waals surface area contributed by atoms with E-state index in [0.29, 0.717) is 6.04 Å². The topological polar surface area (TPSA) is 69.8 Å². The highest BCUT2D eigenvalue weighted by molar-refractivity contribution is 5.88. The molecule has 5 heteroatoms. The van der Waals surface area contributed by atoms with Gasteiger partial charge in [0.15, 0.2) is 0 Å². The Balaban J connectivity index is 1.96. The highest BCUT2D eigenvalue weighted by Crippen LogP contribution is 2.18. The zero-order chi connectivity index (χ0) is 16.1. The first kappa shape index (κ1) is 16.2. The van der Waals surface area contributed by atoms with Gasteiger partial charge in [0, 0.05) is 36.8 Å². The zero-order valence-corrected chi connectivity index (χ0v) is 13.6. The lowest BCUT2D eigenvalue weighted by atomic mass is 10.1. The van der Waals surface area contributed by atoms with Crippen LogP contribution in [0, 0.1) is 6.92 Å². The van der Waals surface area contributed by atoms with Gasteiger partial charge in [0.1, 0.15) is 0 Å². The van der Waals surface area contributed by atoms with E-state index in [-0.39, 0.29) is 11.9 Å². The monoisotopic (exact) mass is 300 g/mol. The average Bonchev–Trinajstić information content (AvgIpc) is 2.83. The van der Waals surface area contributed by atoms with Crippen LogP contribution in [0.3, 0.4) is 0 Å². The van der Waals surface area contributed by atoms with Crippen LogP contribution in [0.4, 0.5) is 5.69 Å². The molecule has 0 aliphatic rings. The Morgan fingerprint density at radius 1 is 1.32 bits per heavy atom. The predicted molar refractivity (Wildman–Crippen MR) is 88.8 cm³/mol. The molecule has 118 valence electrons. The molecule has 3 N–H and O–H groups in total. The highest BCUT2D eigenvalue weighted by Gasteiger charge is 2.12. The third-order valence-corrected chi connectivity index (χ3v) is 3.52. The summed E-state index contributed by atoms with van der Waals surface area (Å²) in [5.74, 6) is -0.0555. The molecule has 0 aliphatic heterocycles. The molecule has 0 saturated heterocycles. The van der Waals surface area contributed by atoms with E-state index in [2.05, 4.69) is 46.8 Å². The van der Waals surface area contributed by atoms with Crippen LogP contribution in [0.5, 0.6) is 0 Å². The molecular formula is C17H24N4O. The number of carbonyl (C=O) groups is 1. The summed E-state index contributed by atoms with van der Waals surface area (Å²) in [5.41, 5.74) is 4.13. The van der Waals surface area contributed by atoms with Crippen LogP contribution >= 0.6 is 0 Å². The maximum atomic E-state index is 11.1. The van der Waals surface area contributed by atoms with Gasteiger partial charge < -0.3 is 10.6 Å². The molecule has 0 fully saturated rings. The lowest BCUT2D eigenvalue weighted by Crippen LogP contribution is -2.30. The van der Waals surface area contributed by atoms with Crippen molar-refractivity contribution in [2.45, 2.75) is 46.2 Å². The summed E-state index contributed by atoms with van der Waals surface area (Å²) in [6.45, 7) is 7.80. The van der Waals surface area contributed by atoms with Gasteiger partial charge in [0.25, 0.3) is 0 Å². The van der Waals surface area contributed by atoms with Gasteiger partial charge in [0.05, 0.1) is 5.69 Å². The fourth-order valence-corrected chi connectivity index (χ4v) is 2.56. The number of amides is 1. The van der Waals surface area contributed by atoms with Crippen molar-refractivity contribution in [3.05, 3.63) is 47.3 Å². The maximum Gasteiger partial charge on any atom is 0.221 e. The molecule has 1 aromatic carbocycles. The Labute approximate surface area is 131 Å². The van der Waals surface area contributed by atoms with Crippen molar-refractivity contribution in [3.63, 3.8) is 0 Å². The summed E-state index contributed by atoms with van der Waals surface area (Å²) in [6.07, 6.45) is 0.875. The third-order valence-electron chi connectivity index (χ3n) is 3.52. The van der Waals surface area contributed by atoms with Crippen LogP contribution in [-0.2, 0) is 11.2 Å². The number of H-pyrrole nitrogens is 1. The van der Waals surface area contributed by atoms with E-state index >= 15 is 0 Å². The van der Waals surface area contributed by atoms with E-state index in [1.807, 2.05) is 25.1 Å². The van der Waals surface area contributed by atoms with Crippen molar-refractivity contribution in [2.75, 3.05) is 5.32 Å². The predicted octanol–water partition coefficient (Wildman–Crippen LogP) is 2.96. The number of anilines is 1. The van der Waals surface area contributed by atoms with Crippen LogP contribution in [0.25, 0.3) is 0 Å².